The lowest BCUT2D eigenvalue weighted by molar-refractivity contribution is -0.117. The monoisotopic (exact) mass is 443 g/mol. The van der Waals surface area contributed by atoms with Crippen LogP contribution in [0.2, 0.25) is 0 Å². The van der Waals surface area contributed by atoms with Crippen molar-refractivity contribution in [2.75, 3.05) is 42.9 Å². The van der Waals surface area contributed by atoms with Gasteiger partial charge in [0.05, 0.1) is 18.1 Å². The van der Waals surface area contributed by atoms with Gasteiger partial charge in [-0.25, -0.2) is 9.97 Å². The number of rotatable bonds is 6. The molecule has 0 aliphatic carbocycles. The number of carbonyl (C=O) groups excluding carboxylic acids is 1. The summed E-state index contributed by atoms with van der Waals surface area (Å²) in [6.07, 6.45) is 3.38. The van der Waals surface area contributed by atoms with Gasteiger partial charge in [-0.15, -0.1) is 0 Å². The molecule has 1 N–H and O–H groups in total. The Morgan fingerprint density at radius 3 is 2.45 bits per heavy atom. The molecule has 0 saturated carbocycles. The van der Waals surface area contributed by atoms with Gasteiger partial charge in [0.15, 0.2) is 5.65 Å². The van der Waals surface area contributed by atoms with Gasteiger partial charge in [0.2, 0.25) is 5.91 Å². The summed E-state index contributed by atoms with van der Waals surface area (Å²) in [5.41, 5.74) is 1.57. The molecular formula is C24H25N7O2. The third-order valence-electron chi connectivity index (χ3n) is 5.66. The molecule has 3 heterocycles. The van der Waals surface area contributed by atoms with Gasteiger partial charge in [-0.05, 0) is 36.4 Å². The van der Waals surface area contributed by atoms with Crippen molar-refractivity contribution < 1.29 is 9.53 Å². The lowest BCUT2D eigenvalue weighted by Crippen LogP contribution is -2.49. The zero-order valence-corrected chi connectivity index (χ0v) is 18.4. The van der Waals surface area contributed by atoms with Gasteiger partial charge in [0.1, 0.15) is 23.6 Å². The summed E-state index contributed by atoms with van der Waals surface area (Å²) < 4.78 is 7.55. The van der Waals surface area contributed by atoms with Gasteiger partial charge in [-0.3, -0.25) is 14.4 Å². The van der Waals surface area contributed by atoms with E-state index in [1.165, 1.54) is 0 Å². The van der Waals surface area contributed by atoms with Crippen molar-refractivity contribution in [1.29, 1.82) is 0 Å². The minimum absolute atomic E-state index is 0.0307. The number of para-hydroxylation sites is 1. The molecule has 1 aliphatic heterocycles. The van der Waals surface area contributed by atoms with Crippen molar-refractivity contribution in [2.45, 2.75) is 0 Å². The molecule has 0 atom stereocenters. The number of nitrogens with one attached hydrogen (secondary N) is 1. The van der Waals surface area contributed by atoms with Gasteiger partial charge in [-0.2, -0.15) is 5.10 Å². The standard InChI is InChI=1S/C24H25N7O2/c1-29-23-21(15-27-29)24(26-17-25-23)31-13-11-30(12-14-31)16-22(32)28-18-7-9-20(10-8-18)33-19-5-3-2-4-6-19/h2-10,15,17H,11-14,16H2,1H3,(H,28,32). The first-order chi connectivity index (χ1) is 16.2. The van der Waals surface area contributed by atoms with E-state index >= 15 is 0 Å². The van der Waals surface area contributed by atoms with E-state index in [1.807, 2.05) is 61.6 Å². The summed E-state index contributed by atoms with van der Waals surface area (Å²) >= 11 is 0. The molecule has 5 rings (SSSR count). The van der Waals surface area contributed by atoms with Gasteiger partial charge in [0.25, 0.3) is 0 Å². The molecule has 0 radical (unpaired) electrons. The second-order valence-corrected chi connectivity index (χ2v) is 7.95. The number of amides is 1. The van der Waals surface area contributed by atoms with E-state index in [1.54, 1.807) is 17.2 Å². The Morgan fingerprint density at radius 2 is 1.70 bits per heavy atom. The predicted molar refractivity (Wildman–Crippen MR) is 127 cm³/mol. The summed E-state index contributed by atoms with van der Waals surface area (Å²) in [5, 5.41) is 8.21. The van der Waals surface area contributed by atoms with E-state index in [2.05, 4.69) is 30.2 Å². The zero-order chi connectivity index (χ0) is 22.6. The predicted octanol–water partition coefficient (Wildman–Crippen LogP) is 2.92. The molecule has 0 unspecified atom stereocenters. The van der Waals surface area contributed by atoms with Gasteiger partial charge < -0.3 is 15.0 Å². The maximum atomic E-state index is 12.6. The van der Waals surface area contributed by atoms with Crippen LogP contribution in [0, 0.1) is 0 Å². The second-order valence-electron chi connectivity index (χ2n) is 7.95. The maximum Gasteiger partial charge on any atom is 0.238 e. The molecule has 0 spiro atoms. The number of anilines is 2. The summed E-state index contributed by atoms with van der Waals surface area (Å²) in [6, 6.07) is 17.0. The smallest absolute Gasteiger partial charge is 0.238 e. The number of aryl methyl sites for hydroxylation is 1. The Kier molecular flexibility index (Phi) is 5.86. The quantitative estimate of drug-likeness (QED) is 0.490. The van der Waals surface area contributed by atoms with E-state index in [4.69, 9.17) is 4.74 Å². The van der Waals surface area contributed by atoms with Gasteiger partial charge >= 0.3 is 0 Å². The number of nitrogens with zero attached hydrogens (tertiary/aromatic N) is 6. The van der Waals surface area contributed by atoms with Crippen LogP contribution in [0.15, 0.2) is 67.1 Å². The number of carbonyl (C=O) groups is 1. The highest BCUT2D eigenvalue weighted by atomic mass is 16.5. The number of hydrogen-bond donors (Lipinski definition) is 1. The van der Waals surface area contributed by atoms with Crippen LogP contribution in [0.1, 0.15) is 0 Å². The first kappa shape index (κ1) is 20.9. The minimum atomic E-state index is -0.0307. The molecule has 1 saturated heterocycles. The normalized spacial score (nSPS) is 14.4. The van der Waals surface area contributed by atoms with Crippen molar-refractivity contribution in [3.05, 3.63) is 67.1 Å². The van der Waals surface area contributed by atoms with E-state index in [-0.39, 0.29) is 5.91 Å². The fourth-order valence-electron chi connectivity index (χ4n) is 3.95. The van der Waals surface area contributed by atoms with Crippen LogP contribution >= 0.6 is 0 Å². The summed E-state index contributed by atoms with van der Waals surface area (Å²) in [7, 11) is 1.87. The molecular weight excluding hydrogens is 418 g/mol. The minimum Gasteiger partial charge on any atom is -0.457 e. The first-order valence-corrected chi connectivity index (χ1v) is 10.9. The molecule has 9 heteroatoms. The number of fused-ring (bicyclic) bond motifs is 1. The van der Waals surface area contributed by atoms with Crippen LogP contribution in [-0.4, -0.2) is 63.3 Å². The Labute approximate surface area is 191 Å². The van der Waals surface area contributed by atoms with Crippen LogP contribution in [0.25, 0.3) is 11.0 Å². The van der Waals surface area contributed by atoms with Gasteiger partial charge in [-0.1, -0.05) is 18.2 Å². The summed E-state index contributed by atoms with van der Waals surface area (Å²) in [6.45, 7) is 3.49. The maximum absolute atomic E-state index is 12.6. The van der Waals surface area contributed by atoms with E-state index in [0.717, 1.165) is 60.2 Å². The lowest BCUT2D eigenvalue weighted by atomic mass is 10.2. The summed E-state index contributed by atoms with van der Waals surface area (Å²) in [4.78, 5) is 25.7. The van der Waals surface area contributed by atoms with Crippen LogP contribution in [0.4, 0.5) is 11.5 Å². The molecule has 4 aromatic rings. The second kappa shape index (κ2) is 9.25. The fourth-order valence-corrected chi connectivity index (χ4v) is 3.95. The number of ether oxygens (including phenoxy) is 1. The van der Waals surface area contributed by atoms with E-state index in [0.29, 0.717) is 6.54 Å². The zero-order valence-electron chi connectivity index (χ0n) is 18.4. The number of aromatic nitrogens is 4. The fraction of sp³-hybridized carbons (Fsp3) is 0.250. The van der Waals surface area contributed by atoms with Crippen molar-refractivity contribution in [3.63, 3.8) is 0 Å². The molecule has 0 bridgehead atoms. The SMILES string of the molecule is Cn1ncc2c(N3CCN(CC(=O)Nc4ccc(Oc5ccccc5)cc4)CC3)ncnc21. The average molecular weight is 444 g/mol. The lowest BCUT2D eigenvalue weighted by Gasteiger charge is -2.35. The Morgan fingerprint density at radius 1 is 0.970 bits per heavy atom. The third-order valence-corrected chi connectivity index (χ3v) is 5.66. The molecule has 1 fully saturated rings. The Bertz CT molecular complexity index is 1230. The van der Waals surface area contributed by atoms with Crippen LogP contribution < -0.4 is 15.0 Å². The largest absolute Gasteiger partial charge is 0.457 e. The first-order valence-electron chi connectivity index (χ1n) is 10.9. The topological polar surface area (TPSA) is 88.4 Å². The van der Waals surface area contributed by atoms with Crippen molar-refractivity contribution in [2.24, 2.45) is 7.05 Å². The third kappa shape index (κ3) is 4.78. The highest BCUT2D eigenvalue weighted by Crippen LogP contribution is 2.24. The van der Waals surface area contributed by atoms with Crippen LogP contribution in [-0.2, 0) is 11.8 Å². The van der Waals surface area contributed by atoms with E-state index < -0.39 is 0 Å². The molecule has 1 amide bonds. The highest BCUT2D eigenvalue weighted by Gasteiger charge is 2.22. The molecule has 168 valence electrons. The highest BCUT2D eigenvalue weighted by molar-refractivity contribution is 5.92. The van der Waals surface area contributed by atoms with E-state index in [9.17, 15) is 4.79 Å². The van der Waals surface area contributed by atoms with Crippen LogP contribution in [0.3, 0.4) is 0 Å². The molecule has 33 heavy (non-hydrogen) atoms. The van der Waals surface area contributed by atoms with Crippen molar-refractivity contribution in [3.8, 4) is 11.5 Å². The molecule has 9 nitrogen and oxygen atoms in total. The Balaban J connectivity index is 1.12. The summed E-state index contributed by atoms with van der Waals surface area (Å²) in [5.74, 6) is 2.37. The number of benzene rings is 2. The van der Waals surface area contributed by atoms with Crippen molar-refractivity contribution in [1.82, 2.24) is 24.6 Å². The molecule has 2 aromatic carbocycles. The average Bonchev–Trinajstić information content (AvgIpc) is 3.22. The number of piperazine rings is 1. The molecule has 1 aliphatic rings. The number of hydrogen-bond acceptors (Lipinski definition) is 7. The molecule has 2 aromatic heterocycles. The van der Waals surface area contributed by atoms with Crippen LogP contribution in [0.5, 0.6) is 11.5 Å². The Hall–Kier alpha value is -3.98. The van der Waals surface area contributed by atoms with Gasteiger partial charge in [0, 0.05) is 38.9 Å². The van der Waals surface area contributed by atoms with Crippen molar-refractivity contribution >= 4 is 28.4 Å².